The highest BCUT2D eigenvalue weighted by molar-refractivity contribution is 8.01. The molecule has 0 radical (unpaired) electrons. The van der Waals surface area contributed by atoms with E-state index in [-0.39, 0.29) is 11.4 Å². The third kappa shape index (κ3) is 3.30. The first-order chi connectivity index (χ1) is 8.88. The number of benzene rings is 1. The molecule has 100 valence electrons. The molecule has 0 atom stereocenters. The number of nitrogens with one attached hydrogen (secondary N) is 1. The van der Waals surface area contributed by atoms with Crippen molar-refractivity contribution in [2.45, 2.75) is 15.3 Å². The lowest BCUT2D eigenvalue weighted by atomic mass is 10.1. The summed E-state index contributed by atoms with van der Waals surface area (Å²) in [5.41, 5.74) is 4.67. The Morgan fingerprint density at radius 1 is 1.26 bits per heavy atom. The normalized spacial score (nSPS) is 11.5. The molecule has 0 unspecified atom stereocenters. The van der Waals surface area contributed by atoms with Gasteiger partial charge in [-0.25, -0.2) is 0 Å². The van der Waals surface area contributed by atoms with Crippen molar-refractivity contribution in [1.29, 1.82) is 5.41 Å². The van der Waals surface area contributed by atoms with Gasteiger partial charge in [-0.3, -0.25) is 5.41 Å². The lowest BCUT2D eigenvalue weighted by Gasteiger charge is -2.11. The van der Waals surface area contributed by atoms with E-state index in [1.165, 1.54) is 29.2 Å². The smallest absolute Gasteiger partial charge is 0.384 e. The molecular formula is C12H9F3N2S2. The van der Waals surface area contributed by atoms with Gasteiger partial charge >= 0.3 is 6.18 Å². The number of amidine groups is 1. The van der Waals surface area contributed by atoms with E-state index in [1.807, 2.05) is 17.5 Å². The number of hydrogen-bond acceptors (Lipinski definition) is 3. The lowest BCUT2D eigenvalue weighted by Crippen LogP contribution is -2.14. The number of alkyl halides is 3. The molecule has 0 aliphatic heterocycles. The largest absolute Gasteiger partial charge is 0.416 e. The molecule has 0 saturated carbocycles. The Hall–Kier alpha value is -1.47. The summed E-state index contributed by atoms with van der Waals surface area (Å²) in [5.74, 6) is -0.370. The van der Waals surface area contributed by atoms with E-state index in [2.05, 4.69) is 0 Å². The van der Waals surface area contributed by atoms with Gasteiger partial charge in [-0.05, 0) is 29.6 Å². The van der Waals surface area contributed by atoms with Crippen molar-refractivity contribution in [2.24, 2.45) is 5.73 Å². The standard InChI is InChI=1S/C12H9F3N2S2/c13-12(14,15)7-3-4-9(8(6-7)11(16)17)19-10-2-1-5-18-10/h1-6H,(H3,16,17). The van der Waals surface area contributed by atoms with Crippen molar-refractivity contribution in [2.75, 3.05) is 0 Å². The van der Waals surface area contributed by atoms with Crippen molar-refractivity contribution >= 4 is 28.9 Å². The van der Waals surface area contributed by atoms with Crippen LogP contribution in [-0.4, -0.2) is 5.84 Å². The number of rotatable bonds is 3. The first-order valence-corrected chi connectivity index (χ1v) is 6.84. The molecule has 3 N–H and O–H groups in total. The third-order valence-electron chi connectivity index (χ3n) is 2.30. The van der Waals surface area contributed by atoms with Gasteiger partial charge in [-0.1, -0.05) is 17.8 Å². The van der Waals surface area contributed by atoms with Crippen LogP contribution in [0.1, 0.15) is 11.1 Å². The molecule has 1 heterocycles. The maximum Gasteiger partial charge on any atom is 0.416 e. The number of hydrogen-bond donors (Lipinski definition) is 2. The van der Waals surface area contributed by atoms with E-state index < -0.39 is 11.7 Å². The molecule has 0 aliphatic carbocycles. The van der Waals surface area contributed by atoms with Crippen LogP contribution in [0.3, 0.4) is 0 Å². The number of nitrogens with two attached hydrogens (primary N) is 1. The van der Waals surface area contributed by atoms with Crippen molar-refractivity contribution in [1.82, 2.24) is 0 Å². The van der Waals surface area contributed by atoms with Gasteiger partial charge in [0.25, 0.3) is 0 Å². The number of thiophene rings is 1. The van der Waals surface area contributed by atoms with Gasteiger partial charge in [-0.2, -0.15) is 13.2 Å². The van der Waals surface area contributed by atoms with Crippen LogP contribution >= 0.6 is 23.1 Å². The van der Waals surface area contributed by atoms with E-state index in [4.69, 9.17) is 11.1 Å². The molecule has 0 saturated heterocycles. The van der Waals surface area contributed by atoms with Gasteiger partial charge < -0.3 is 5.73 Å². The Labute approximate surface area is 116 Å². The van der Waals surface area contributed by atoms with E-state index in [0.29, 0.717) is 4.90 Å². The van der Waals surface area contributed by atoms with Crippen LogP contribution in [-0.2, 0) is 6.18 Å². The maximum absolute atomic E-state index is 12.6. The second kappa shape index (κ2) is 5.26. The second-order valence-corrected chi connectivity index (χ2v) is 5.95. The van der Waals surface area contributed by atoms with Crippen molar-refractivity contribution < 1.29 is 13.2 Å². The Bertz CT molecular complexity index is 592. The SMILES string of the molecule is N=C(N)c1cc(C(F)(F)F)ccc1Sc1cccs1. The fraction of sp³-hybridized carbons (Fsp3) is 0.0833. The van der Waals surface area contributed by atoms with Crippen LogP contribution in [0.4, 0.5) is 13.2 Å². The fourth-order valence-electron chi connectivity index (χ4n) is 1.44. The monoisotopic (exact) mass is 302 g/mol. The molecule has 1 aromatic heterocycles. The van der Waals surface area contributed by atoms with Crippen LogP contribution in [0, 0.1) is 5.41 Å². The Kier molecular flexibility index (Phi) is 3.86. The van der Waals surface area contributed by atoms with Crippen molar-refractivity contribution in [3.63, 3.8) is 0 Å². The first kappa shape index (κ1) is 14.0. The van der Waals surface area contributed by atoms with Gasteiger partial charge in [0.2, 0.25) is 0 Å². The minimum atomic E-state index is -4.43. The molecule has 1 aromatic carbocycles. The van der Waals surface area contributed by atoms with Gasteiger partial charge in [0.15, 0.2) is 0 Å². The van der Waals surface area contributed by atoms with Gasteiger partial charge in [-0.15, -0.1) is 11.3 Å². The molecular weight excluding hydrogens is 293 g/mol. The summed E-state index contributed by atoms with van der Waals surface area (Å²) < 4.78 is 38.8. The summed E-state index contributed by atoms with van der Waals surface area (Å²) in [6.07, 6.45) is -4.43. The summed E-state index contributed by atoms with van der Waals surface area (Å²) in [6, 6.07) is 6.98. The minimum absolute atomic E-state index is 0.105. The topological polar surface area (TPSA) is 49.9 Å². The van der Waals surface area contributed by atoms with Gasteiger partial charge in [0, 0.05) is 10.5 Å². The van der Waals surface area contributed by atoms with E-state index in [9.17, 15) is 13.2 Å². The molecule has 2 rings (SSSR count). The van der Waals surface area contributed by atoms with Crippen LogP contribution < -0.4 is 5.73 Å². The van der Waals surface area contributed by atoms with Crippen LogP contribution in [0.5, 0.6) is 0 Å². The summed E-state index contributed by atoms with van der Waals surface area (Å²) in [5, 5.41) is 9.28. The molecule has 19 heavy (non-hydrogen) atoms. The Morgan fingerprint density at radius 2 is 2.00 bits per heavy atom. The predicted molar refractivity (Wildman–Crippen MR) is 70.9 cm³/mol. The van der Waals surface area contributed by atoms with Crippen molar-refractivity contribution in [3.05, 3.63) is 46.8 Å². The molecule has 0 bridgehead atoms. The maximum atomic E-state index is 12.6. The fourth-order valence-corrected chi connectivity index (χ4v) is 3.29. The van der Waals surface area contributed by atoms with E-state index in [1.54, 1.807) is 0 Å². The quantitative estimate of drug-likeness (QED) is 0.659. The number of halogens is 3. The third-order valence-corrected chi connectivity index (χ3v) is 4.42. The summed E-state index contributed by atoms with van der Waals surface area (Å²) in [6.45, 7) is 0. The molecule has 7 heteroatoms. The molecule has 0 aliphatic rings. The zero-order chi connectivity index (χ0) is 14.0. The van der Waals surface area contributed by atoms with Crippen LogP contribution in [0.25, 0.3) is 0 Å². The average molecular weight is 302 g/mol. The lowest BCUT2D eigenvalue weighted by molar-refractivity contribution is -0.137. The zero-order valence-corrected chi connectivity index (χ0v) is 11.1. The van der Waals surface area contributed by atoms with E-state index >= 15 is 0 Å². The van der Waals surface area contributed by atoms with Gasteiger partial charge in [0.1, 0.15) is 5.84 Å². The molecule has 2 aromatic rings. The highest BCUT2D eigenvalue weighted by Crippen LogP contribution is 2.37. The molecule has 2 nitrogen and oxygen atoms in total. The van der Waals surface area contributed by atoms with Crippen LogP contribution in [0.2, 0.25) is 0 Å². The highest BCUT2D eigenvalue weighted by Gasteiger charge is 2.31. The average Bonchev–Trinajstić information content (AvgIpc) is 2.80. The number of nitrogen functional groups attached to an aromatic ring is 1. The second-order valence-electron chi connectivity index (χ2n) is 3.66. The minimum Gasteiger partial charge on any atom is -0.384 e. The van der Waals surface area contributed by atoms with Crippen molar-refractivity contribution in [3.8, 4) is 0 Å². The highest BCUT2D eigenvalue weighted by atomic mass is 32.2. The summed E-state index contributed by atoms with van der Waals surface area (Å²) in [4.78, 5) is 0.544. The Balaban J connectivity index is 2.41. The first-order valence-electron chi connectivity index (χ1n) is 5.15. The molecule has 0 spiro atoms. The zero-order valence-electron chi connectivity index (χ0n) is 9.49. The van der Waals surface area contributed by atoms with Crippen LogP contribution in [0.15, 0.2) is 44.8 Å². The molecule has 0 fully saturated rings. The predicted octanol–water partition coefficient (Wildman–Crippen LogP) is 4.20. The Morgan fingerprint density at radius 3 is 2.53 bits per heavy atom. The van der Waals surface area contributed by atoms with E-state index in [0.717, 1.165) is 16.3 Å². The summed E-state index contributed by atoms with van der Waals surface area (Å²) >= 11 is 2.78. The van der Waals surface area contributed by atoms with Gasteiger partial charge in [0.05, 0.1) is 9.77 Å². The summed E-state index contributed by atoms with van der Waals surface area (Å²) in [7, 11) is 0. The molecule has 0 amide bonds.